The Balaban J connectivity index is 1.70. The second-order valence-corrected chi connectivity index (χ2v) is 10.4. The molecule has 0 unspecified atom stereocenters. The molecule has 4 aromatic rings. The molecule has 2 aromatic heterocycles. The van der Waals surface area contributed by atoms with Gasteiger partial charge in [0.25, 0.3) is 10.6 Å². The van der Waals surface area contributed by atoms with Crippen molar-refractivity contribution in [2.24, 2.45) is 7.05 Å². The first-order chi connectivity index (χ1) is 15.0. The van der Waals surface area contributed by atoms with E-state index in [0.717, 1.165) is 35.6 Å². The zero-order valence-corrected chi connectivity index (χ0v) is 20.2. The molecule has 3 heterocycles. The van der Waals surface area contributed by atoms with E-state index in [1.807, 2.05) is 30.7 Å². The molecule has 0 N–H and O–H groups in total. The molecule has 0 radical (unpaired) electrons. The molecule has 0 spiro atoms. The summed E-state index contributed by atoms with van der Waals surface area (Å²) in [7, 11) is 5.76. The van der Waals surface area contributed by atoms with Crippen LogP contribution in [0.1, 0.15) is 11.9 Å². The maximum Gasteiger partial charge on any atom is 0.271 e. The summed E-state index contributed by atoms with van der Waals surface area (Å²) < 4.78 is 12.4. The lowest BCUT2D eigenvalue weighted by Crippen LogP contribution is -2.34. The van der Waals surface area contributed by atoms with Crippen LogP contribution in [0.25, 0.3) is 21.3 Å². The summed E-state index contributed by atoms with van der Waals surface area (Å²) >= 11 is 4.95. The molecule has 8 heteroatoms. The van der Waals surface area contributed by atoms with Crippen LogP contribution in [-0.2, 0) is 13.6 Å². The number of aromatic nitrogens is 2. The maximum absolute atomic E-state index is 13.3. The Morgan fingerprint density at radius 3 is 2.71 bits per heavy atom. The van der Waals surface area contributed by atoms with E-state index in [1.54, 1.807) is 41.5 Å². The zero-order chi connectivity index (χ0) is 21.7. The van der Waals surface area contributed by atoms with Gasteiger partial charge in [0.05, 0.1) is 18.9 Å². The van der Waals surface area contributed by atoms with Gasteiger partial charge in [-0.3, -0.25) is 9.36 Å². The number of thiazole rings is 2. The lowest BCUT2D eigenvalue weighted by Gasteiger charge is -2.13. The predicted molar refractivity (Wildman–Crippen MR) is 131 cm³/mol. The quantitative estimate of drug-likeness (QED) is 0.433. The van der Waals surface area contributed by atoms with Crippen LogP contribution >= 0.6 is 34.4 Å². The number of rotatable bonds is 3. The van der Waals surface area contributed by atoms with Gasteiger partial charge in [0.2, 0.25) is 5.52 Å². The highest BCUT2D eigenvalue weighted by Crippen LogP contribution is 2.46. The highest BCUT2D eigenvalue weighted by Gasteiger charge is 2.25. The fourth-order valence-corrected chi connectivity index (χ4v) is 7.37. The molecule has 5 nitrogen and oxygen atoms in total. The first-order valence-electron chi connectivity index (χ1n) is 9.94. The molecule has 0 bridgehead atoms. The standard InChI is InChI=1S/C23H22N3O2S3/c1-5-26-20(13-19-24(2)15-8-6-7-9-17(15)29-19)31-21(22(26)27)23-25(3)16-12-14(28-4)10-11-18(16)30-23/h6-13H,5H2,1-4H3/q+1/b23-21-. The number of ether oxygens (including phenoxy) is 1. The molecule has 1 aliphatic heterocycles. The molecular weight excluding hydrogens is 446 g/mol. The Morgan fingerprint density at radius 1 is 1.16 bits per heavy atom. The van der Waals surface area contributed by atoms with Crippen molar-refractivity contribution in [3.05, 3.63) is 67.0 Å². The Hall–Kier alpha value is -2.55. The van der Waals surface area contributed by atoms with E-state index in [9.17, 15) is 4.79 Å². The van der Waals surface area contributed by atoms with Crippen molar-refractivity contribution >= 4 is 61.4 Å². The van der Waals surface area contributed by atoms with Gasteiger partial charge in [0, 0.05) is 30.6 Å². The van der Waals surface area contributed by atoms with E-state index in [2.05, 4.69) is 52.9 Å². The summed E-state index contributed by atoms with van der Waals surface area (Å²) in [6, 6.07) is 14.4. The van der Waals surface area contributed by atoms with E-state index in [0.29, 0.717) is 6.54 Å². The summed E-state index contributed by atoms with van der Waals surface area (Å²) in [6.07, 6.45) is 2.14. The second kappa shape index (κ2) is 7.85. The normalized spacial score (nSPS) is 15.7. The Morgan fingerprint density at radius 2 is 1.97 bits per heavy atom. The lowest BCUT2D eigenvalue weighted by atomic mass is 10.3. The molecule has 0 atom stereocenters. The molecule has 31 heavy (non-hydrogen) atoms. The number of anilines is 1. The highest BCUT2D eigenvalue weighted by atomic mass is 32.2. The number of hydrogen-bond donors (Lipinski definition) is 0. The van der Waals surface area contributed by atoms with Crippen LogP contribution in [-0.4, -0.2) is 18.7 Å². The minimum Gasteiger partial charge on any atom is -0.497 e. The van der Waals surface area contributed by atoms with Crippen LogP contribution < -0.4 is 29.0 Å². The smallest absolute Gasteiger partial charge is 0.271 e. The third-order valence-electron chi connectivity index (χ3n) is 5.48. The summed E-state index contributed by atoms with van der Waals surface area (Å²) in [5.74, 6) is 0.816. The van der Waals surface area contributed by atoms with Crippen LogP contribution in [0.5, 0.6) is 5.75 Å². The minimum absolute atomic E-state index is 0.0663. The fraction of sp³-hybridized carbons (Fsp3) is 0.217. The van der Waals surface area contributed by atoms with Crippen molar-refractivity contribution in [3.8, 4) is 5.75 Å². The molecular formula is C23H22N3O2S3+. The average molecular weight is 469 g/mol. The Labute approximate surface area is 192 Å². The van der Waals surface area contributed by atoms with E-state index in [4.69, 9.17) is 4.74 Å². The van der Waals surface area contributed by atoms with Crippen molar-refractivity contribution in [2.45, 2.75) is 18.4 Å². The summed E-state index contributed by atoms with van der Waals surface area (Å²) in [4.78, 5) is 16.6. The van der Waals surface area contributed by atoms with E-state index in [1.165, 1.54) is 10.2 Å². The lowest BCUT2D eigenvalue weighted by molar-refractivity contribution is -0.642. The number of thioether (sulfide) groups is 1. The topological polar surface area (TPSA) is 38.4 Å². The molecule has 0 aliphatic carbocycles. The first-order valence-corrected chi connectivity index (χ1v) is 12.4. The van der Waals surface area contributed by atoms with Gasteiger partial charge in [-0.05, 0) is 25.1 Å². The van der Waals surface area contributed by atoms with Gasteiger partial charge in [-0.25, -0.2) is 0 Å². The minimum atomic E-state index is 0.0663. The number of methoxy groups -OCH3 is 1. The van der Waals surface area contributed by atoms with Crippen molar-refractivity contribution < 1.29 is 9.30 Å². The number of benzene rings is 2. The van der Waals surface area contributed by atoms with Crippen LogP contribution in [0.4, 0.5) is 5.69 Å². The Bertz CT molecular complexity index is 1500. The zero-order valence-electron chi connectivity index (χ0n) is 17.7. The number of hydrogen-bond acceptors (Lipinski definition) is 6. The monoisotopic (exact) mass is 468 g/mol. The average Bonchev–Trinajstić information content (AvgIpc) is 3.39. The molecule has 0 saturated heterocycles. The van der Waals surface area contributed by atoms with Gasteiger partial charge >= 0.3 is 0 Å². The number of aryl methyl sites for hydroxylation is 1. The van der Waals surface area contributed by atoms with Crippen LogP contribution in [0, 0.1) is 0 Å². The van der Waals surface area contributed by atoms with Crippen molar-refractivity contribution in [1.29, 1.82) is 0 Å². The van der Waals surface area contributed by atoms with Crippen molar-refractivity contribution in [1.82, 2.24) is 4.57 Å². The molecule has 5 rings (SSSR count). The largest absolute Gasteiger partial charge is 0.497 e. The van der Waals surface area contributed by atoms with Crippen LogP contribution in [0.15, 0.2) is 52.2 Å². The van der Waals surface area contributed by atoms with Crippen molar-refractivity contribution in [3.63, 3.8) is 0 Å². The summed E-state index contributed by atoms with van der Waals surface area (Å²) in [5.41, 5.74) is 2.33. The van der Waals surface area contributed by atoms with Crippen LogP contribution in [0.2, 0.25) is 0 Å². The molecule has 0 fully saturated rings. The number of nitrogens with zero attached hydrogens (tertiary/aromatic N) is 3. The van der Waals surface area contributed by atoms with Crippen LogP contribution in [0.3, 0.4) is 0 Å². The van der Waals surface area contributed by atoms with E-state index < -0.39 is 0 Å². The van der Waals surface area contributed by atoms with Gasteiger partial charge in [-0.15, -0.1) is 11.3 Å². The molecule has 158 valence electrons. The van der Waals surface area contributed by atoms with E-state index >= 15 is 0 Å². The highest BCUT2D eigenvalue weighted by molar-refractivity contribution is 8.08. The SMILES string of the molecule is CCn1c(=O)/c(=C2/Sc3ccc(OC)cc3N2C)s/c1=C\c1sc2ccccc2[n+]1C. The number of para-hydroxylation sites is 1. The predicted octanol–water partition coefficient (Wildman–Crippen LogP) is 3.11. The Kier molecular flexibility index (Phi) is 5.16. The third kappa shape index (κ3) is 3.30. The summed E-state index contributed by atoms with van der Waals surface area (Å²) in [5, 5.41) is 2.10. The van der Waals surface area contributed by atoms with Gasteiger partial charge in [-0.1, -0.05) is 35.2 Å². The summed E-state index contributed by atoms with van der Waals surface area (Å²) in [6.45, 7) is 2.66. The van der Waals surface area contributed by atoms with Gasteiger partial charge in [0.15, 0.2) is 0 Å². The van der Waals surface area contributed by atoms with Gasteiger partial charge in [-0.2, -0.15) is 4.57 Å². The second-order valence-electron chi connectivity index (χ2n) is 7.23. The first kappa shape index (κ1) is 20.4. The third-order valence-corrected chi connectivity index (χ3v) is 9.13. The maximum atomic E-state index is 13.3. The molecule has 2 aromatic carbocycles. The van der Waals surface area contributed by atoms with E-state index in [-0.39, 0.29) is 5.56 Å². The molecule has 1 aliphatic rings. The molecule has 0 amide bonds. The van der Waals surface area contributed by atoms with Gasteiger partial charge in [0.1, 0.15) is 31.7 Å². The molecule has 0 saturated carbocycles. The fourth-order valence-electron chi connectivity index (χ4n) is 3.77. The van der Waals surface area contributed by atoms with Crippen molar-refractivity contribution in [2.75, 3.05) is 19.1 Å². The van der Waals surface area contributed by atoms with Gasteiger partial charge < -0.3 is 9.64 Å². The number of fused-ring (bicyclic) bond motifs is 2.